The number of imide groups is 1. The number of carbonyl (C=O) groups excluding carboxylic acids is 2. The number of carbonyl (C=O) groups is 2. The smallest absolute Gasteiger partial charge is 0.325 e. The Labute approximate surface area is 107 Å². The fourth-order valence-corrected chi connectivity index (χ4v) is 2.60. The summed E-state index contributed by atoms with van der Waals surface area (Å²) < 4.78 is 0. The number of rotatable bonds is 6. The fraction of sp³-hybridized carbons (Fsp3) is 0.833. The summed E-state index contributed by atoms with van der Waals surface area (Å²) in [4.78, 5) is 25.4. The van der Waals surface area contributed by atoms with E-state index in [0.29, 0.717) is 19.5 Å². The second-order valence-electron chi connectivity index (χ2n) is 5.03. The molecule has 2 saturated heterocycles. The number of nitrogens with zero attached hydrogens (tertiary/aromatic N) is 1. The van der Waals surface area contributed by atoms with E-state index < -0.39 is 5.54 Å². The summed E-state index contributed by atoms with van der Waals surface area (Å²) >= 11 is 0. The summed E-state index contributed by atoms with van der Waals surface area (Å²) in [7, 11) is 0. The van der Waals surface area contributed by atoms with Crippen molar-refractivity contribution in [2.24, 2.45) is 0 Å². The number of unbranched alkanes of at least 4 members (excludes halogenated alkanes) is 3. The van der Waals surface area contributed by atoms with Crippen molar-refractivity contribution in [3.63, 3.8) is 0 Å². The third kappa shape index (κ3) is 2.49. The summed E-state index contributed by atoms with van der Waals surface area (Å²) in [5.74, 6) is -0.0836. The van der Waals surface area contributed by atoms with E-state index in [2.05, 4.69) is 10.6 Å². The van der Waals surface area contributed by atoms with Gasteiger partial charge in [-0.2, -0.15) is 0 Å². The van der Waals surface area contributed by atoms with Crippen LogP contribution in [-0.4, -0.2) is 53.7 Å². The van der Waals surface area contributed by atoms with Crippen LogP contribution in [0.2, 0.25) is 0 Å². The minimum Gasteiger partial charge on any atom is -0.396 e. The fourth-order valence-electron chi connectivity index (χ4n) is 2.60. The van der Waals surface area contributed by atoms with E-state index in [-0.39, 0.29) is 18.5 Å². The van der Waals surface area contributed by atoms with Gasteiger partial charge in [0.2, 0.25) is 0 Å². The molecule has 0 radical (unpaired) electrons. The highest BCUT2D eigenvalue weighted by Gasteiger charge is 2.52. The van der Waals surface area contributed by atoms with E-state index >= 15 is 0 Å². The van der Waals surface area contributed by atoms with E-state index in [1.807, 2.05) is 0 Å². The maximum Gasteiger partial charge on any atom is 0.325 e. The summed E-state index contributed by atoms with van der Waals surface area (Å²) in [5, 5.41) is 14.6. The van der Waals surface area contributed by atoms with Gasteiger partial charge in [-0.25, -0.2) is 4.79 Å². The largest absolute Gasteiger partial charge is 0.396 e. The highest BCUT2D eigenvalue weighted by molar-refractivity contribution is 6.07. The van der Waals surface area contributed by atoms with E-state index in [9.17, 15) is 9.59 Å². The van der Waals surface area contributed by atoms with Crippen LogP contribution < -0.4 is 10.6 Å². The van der Waals surface area contributed by atoms with Gasteiger partial charge < -0.3 is 15.7 Å². The zero-order chi connectivity index (χ0) is 13.0. The van der Waals surface area contributed by atoms with Gasteiger partial charge in [0, 0.05) is 19.7 Å². The zero-order valence-corrected chi connectivity index (χ0v) is 10.6. The molecule has 18 heavy (non-hydrogen) atoms. The molecule has 1 atom stereocenters. The molecule has 0 aromatic rings. The first kappa shape index (κ1) is 13.3. The monoisotopic (exact) mass is 255 g/mol. The molecule has 102 valence electrons. The Kier molecular flexibility index (Phi) is 4.19. The second-order valence-corrected chi connectivity index (χ2v) is 5.03. The van der Waals surface area contributed by atoms with Crippen LogP contribution in [0.15, 0.2) is 0 Å². The van der Waals surface area contributed by atoms with Crippen molar-refractivity contribution >= 4 is 11.9 Å². The topological polar surface area (TPSA) is 81.7 Å². The van der Waals surface area contributed by atoms with Gasteiger partial charge in [0.15, 0.2) is 0 Å². The van der Waals surface area contributed by atoms with Crippen molar-refractivity contribution in [2.75, 3.05) is 26.2 Å². The van der Waals surface area contributed by atoms with Crippen LogP contribution in [-0.2, 0) is 4.79 Å². The van der Waals surface area contributed by atoms with Gasteiger partial charge in [-0.3, -0.25) is 9.69 Å². The Morgan fingerprint density at radius 1 is 1.22 bits per heavy atom. The minimum atomic E-state index is -0.678. The molecule has 0 aromatic heterocycles. The molecule has 2 aliphatic heterocycles. The predicted octanol–water partition coefficient (Wildman–Crippen LogP) is -0.177. The summed E-state index contributed by atoms with van der Waals surface area (Å²) in [6.07, 6.45) is 4.14. The third-order valence-electron chi connectivity index (χ3n) is 3.69. The molecule has 2 fully saturated rings. The predicted molar refractivity (Wildman–Crippen MR) is 66.0 cm³/mol. The molecule has 6 heteroatoms. The van der Waals surface area contributed by atoms with Crippen LogP contribution in [0.1, 0.15) is 32.1 Å². The van der Waals surface area contributed by atoms with Crippen LogP contribution in [0.3, 0.4) is 0 Å². The Balaban J connectivity index is 1.82. The average molecular weight is 255 g/mol. The average Bonchev–Trinajstić information content (AvgIpc) is 2.90. The lowest BCUT2D eigenvalue weighted by Gasteiger charge is -2.19. The molecular weight excluding hydrogens is 234 g/mol. The van der Waals surface area contributed by atoms with Gasteiger partial charge in [-0.1, -0.05) is 12.8 Å². The SMILES string of the molecule is O=C1NC2(CCNC2)C(=O)N1CCCCCCO. The molecule has 0 aliphatic carbocycles. The van der Waals surface area contributed by atoms with Crippen molar-refractivity contribution in [3.8, 4) is 0 Å². The van der Waals surface area contributed by atoms with Crippen molar-refractivity contribution < 1.29 is 14.7 Å². The maximum atomic E-state index is 12.2. The molecular formula is C12H21N3O3. The lowest BCUT2D eigenvalue weighted by atomic mass is 9.99. The quantitative estimate of drug-likeness (QED) is 0.454. The van der Waals surface area contributed by atoms with Gasteiger partial charge in [-0.15, -0.1) is 0 Å². The second kappa shape index (κ2) is 5.67. The first-order chi connectivity index (χ1) is 8.69. The number of aliphatic hydroxyl groups is 1. The molecule has 2 aliphatic rings. The minimum absolute atomic E-state index is 0.0836. The van der Waals surface area contributed by atoms with E-state index in [4.69, 9.17) is 5.11 Å². The first-order valence-electron chi connectivity index (χ1n) is 6.65. The van der Waals surface area contributed by atoms with E-state index in [1.54, 1.807) is 0 Å². The van der Waals surface area contributed by atoms with Crippen LogP contribution in [0.5, 0.6) is 0 Å². The number of urea groups is 1. The molecule has 3 N–H and O–H groups in total. The van der Waals surface area contributed by atoms with E-state index in [1.165, 1.54) is 4.90 Å². The van der Waals surface area contributed by atoms with Crippen molar-refractivity contribution in [2.45, 2.75) is 37.6 Å². The molecule has 0 saturated carbocycles. The van der Waals surface area contributed by atoms with Gasteiger partial charge in [0.25, 0.3) is 5.91 Å². The molecule has 6 nitrogen and oxygen atoms in total. The van der Waals surface area contributed by atoms with Crippen LogP contribution in [0.4, 0.5) is 4.79 Å². The molecule has 2 rings (SSSR count). The third-order valence-corrected chi connectivity index (χ3v) is 3.69. The van der Waals surface area contributed by atoms with Gasteiger partial charge in [0.1, 0.15) is 5.54 Å². The number of hydrogen-bond donors (Lipinski definition) is 3. The lowest BCUT2D eigenvalue weighted by molar-refractivity contribution is -0.130. The van der Waals surface area contributed by atoms with Crippen molar-refractivity contribution in [1.82, 2.24) is 15.5 Å². The molecule has 1 unspecified atom stereocenters. The number of hydrogen-bond acceptors (Lipinski definition) is 4. The van der Waals surface area contributed by atoms with Crippen LogP contribution in [0, 0.1) is 0 Å². The van der Waals surface area contributed by atoms with Gasteiger partial charge >= 0.3 is 6.03 Å². The number of amides is 3. The Morgan fingerprint density at radius 3 is 2.67 bits per heavy atom. The summed E-state index contributed by atoms with van der Waals surface area (Å²) in [6.45, 7) is 2.00. The molecule has 2 heterocycles. The zero-order valence-electron chi connectivity index (χ0n) is 10.6. The molecule has 0 bridgehead atoms. The van der Waals surface area contributed by atoms with Crippen LogP contribution >= 0.6 is 0 Å². The van der Waals surface area contributed by atoms with Gasteiger partial charge in [-0.05, 0) is 25.8 Å². The first-order valence-corrected chi connectivity index (χ1v) is 6.65. The lowest BCUT2D eigenvalue weighted by Crippen LogP contribution is -2.48. The molecule has 3 amide bonds. The molecule has 1 spiro atoms. The Bertz CT molecular complexity index is 327. The Morgan fingerprint density at radius 2 is 2.00 bits per heavy atom. The van der Waals surface area contributed by atoms with Crippen molar-refractivity contribution in [1.29, 1.82) is 0 Å². The summed E-state index contributed by atoms with van der Waals surface area (Å²) in [5.41, 5.74) is -0.678. The number of aliphatic hydroxyl groups excluding tert-OH is 1. The highest BCUT2D eigenvalue weighted by Crippen LogP contribution is 2.24. The standard InChI is InChI=1S/C12H21N3O3/c16-8-4-2-1-3-7-15-10(17)12(14-11(15)18)5-6-13-9-12/h13,16H,1-9H2,(H,14,18). The van der Waals surface area contributed by atoms with E-state index in [0.717, 1.165) is 32.2 Å². The summed E-state index contributed by atoms with van der Waals surface area (Å²) in [6, 6.07) is -0.258. The Hall–Kier alpha value is -1.14. The van der Waals surface area contributed by atoms with Crippen molar-refractivity contribution in [3.05, 3.63) is 0 Å². The van der Waals surface area contributed by atoms with Crippen LogP contribution in [0.25, 0.3) is 0 Å². The normalized spacial score (nSPS) is 27.3. The highest BCUT2D eigenvalue weighted by atomic mass is 16.3. The van der Waals surface area contributed by atoms with Gasteiger partial charge in [0.05, 0.1) is 0 Å². The maximum absolute atomic E-state index is 12.2. The number of nitrogens with one attached hydrogen (secondary N) is 2. The molecule has 0 aromatic carbocycles.